The fourth-order valence-corrected chi connectivity index (χ4v) is 7.29. The third-order valence-corrected chi connectivity index (χ3v) is 10.1. The van der Waals surface area contributed by atoms with Crippen molar-refractivity contribution < 1.29 is 67.1 Å². The average molecular weight is 569 g/mol. The minimum atomic E-state index is -5.07. The summed E-state index contributed by atoms with van der Waals surface area (Å²) in [5.74, 6) is -1.29. The molecule has 37 heavy (non-hydrogen) atoms. The molecule has 0 amide bonds. The number of rotatable bonds is 16. The average Bonchev–Trinajstić information content (AvgIpc) is 2.83. The number of aryl methyl sites for hydroxylation is 1. The molecule has 0 atom stereocenters. The first kappa shape index (κ1) is 31.1. The number of carboxylic acid groups (broad SMARTS) is 1. The molecular weight excluding hydrogens is 540 g/mol. The van der Waals surface area contributed by atoms with E-state index in [1.165, 1.54) is 12.1 Å². The van der Waals surface area contributed by atoms with Gasteiger partial charge >= 0.3 is 21.2 Å². The molecule has 0 bridgehead atoms. The van der Waals surface area contributed by atoms with E-state index in [0.717, 1.165) is 28.4 Å². The van der Waals surface area contributed by atoms with E-state index in [1.54, 1.807) is 19.1 Å². The highest BCUT2D eigenvalue weighted by Crippen LogP contribution is 2.78. The van der Waals surface area contributed by atoms with Gasteiger partial charge < -0.3 is 20.7 Å². The van der Waals surface area contributed by atoms with Gasteiger partial charge in [0.25, 0.3) is 5.08 Å². The summed E-state index contributed by atoms with van der Waals surface area (Å²) in [5.41, 5.74) is 6.33. The van der Waals surface area contributed by atoms with Gasteiger partial charge in [0.2, 0.25) is 0 Å². The van der Waals surface area contributed by atoms with Gasteiger partial charge in [-0.25, -0.2) is 24.3 Å². The number of aliphatic hydroxyl groups is 1. The third kappa shape index (κ3) is 6.14. The van der Waals surface area contributed by atoms with E-state index in [-0.39, 0.29) is 35.4 Å². The Morgan fingerprint density at radius 1 is 0.946 bits per heavy atom. The van der Waals surface area contributed by atoms with E-state index in [0.29, 0.717) is 10.9 Å². The SMILES string of the molecule is CCOc1c(N)cc2c(CCC(O)(P(=O)(OOC)OOC)P(=O)(OOC)OOC)cccc2c1C(=O)O. The lowest BCUT2D eigenvalue weighted by molar-refractivity contribution is -0.264. The van der Waals surface area contributed by atoms with Crippen LogP contribution in [-0.2, 0) is 53.8 Å². The van der Waals surface area contributed by atoms with Crippen LogP contribution in [-0.4, -0.2) is 56.3 Å². The fourth-order valence-electron chi connectivity index (χ4n) is 3.60. The number of fused-ring (bicyclic) bond motifs is 1. The maximum absolute atomic E-state index is 13.5. The van der Waals surface area contributed by atoms with E-state index in [2.05, 4.69) is 38.2 Å². The van der Waals surface area contributed by atoms with Crippen molar-refractivity contribution in [1.82, 2.24) is 0 Å². The molecule has 0 unspecified atom stereocenters. The van der Waals surface area contributed by atoms with Gasteiger partial charge in [-0.3, -0.25) is 9.13 Å². The van der Waals surface area contributed by atoms with Gasteiger partial charge in [-0.15, -0.1) is 18.7 Å². The van der Waals surface area contributed by atoms with E-state index >= 15 is 0 Å². The first-order valence-electron chi connectivity index (χ1n) is 10.5. The number of carbonyl (C=O) groups is 1. The summed E-state index contributed by atoms with van der Waals surface area (Å²) in [6.07, 6.45) is -0.968. The maximum atomic E-state index is 13.5. The molecule has 208 valence electrons. The van der Waals surface area contributed by atoms with Crippen molar-refractivity contribution in [2.45, 2.75) is 24.8 Å². The van der Waals surface area contributed by atoms with Gasteiger partial charge in [-0.05, 0) is 30.4 Å². The predicted octanol–water partition coefficient (Wildman–Crippen LogP) is 3.80. The van der Waals surface area contributed by atoms with Crippen molar-refractivity contribution in [3.8, 4) is 5.75 Å². The van der Waals surface area contributed by atoms with Crippen LogP contribution in [0.2, 0.25) is 0 Å². The molecule has 4 N–H and O–H groups in total. The first-order valence-corrected chi connectivity index (χ1v) is 13.6. The molecule has 0 fully saturated rings. The molecule has 0 spiro atoms. The Hall–Kier alpha value is -2.13. The molecule has 0 saturated heterocycles. The van der Waals surface area contributed by atoms with Crippen molar-refractivity contribution in [3.63, 3.8) is 0 Å². The van der Waals surface area contributed by atoms with Gasteiger partial charge in [0, 0.05) is 11.8 Å². The highest BCUT2D eigenvalue weighted by Gasteiger charge is 2.68. The van der Waals surface area contributed by atoms with Crippen LogP contribution in [0.5, 0.6) is 5.75 Å². The number of hydrogen-bond donors (Lipinski definition) is 3. The zero-order valence-corrected chi connectivity index (χ0v) is 22.5. The van der Waals surface area contributed by atoms with Gasteiger partial charge in [0.05, 0.1) is 40.7 Å². The Balaban J connectivity index is 2.72. The fraction of sp³-hybridized carbons (Fsp3) is 0.450. The predicted molar refractivity (Wildman–Crippen MR) is 127 cm³/mol. The molecular formula is C20H29NO14P2. The maximum Gasteiger partial charge on any atom is 0.428 e. The smallest absolute Gasteiger partial charge is 0.428 e. The minimum Gasteiger partial charge on any atom is -0.491 e. The summed E-state index contributed by atoms with van der Waals surface area (Å²) in [6.45, 7) is 1.85. The Labute approximate surface area is 212 Å². The zero-order chi connectivity index (χ0) is 27.9. The van der Waals surface area contributed by atoms with Crippen molar-refractivity contribution in [3.05, 3.63) is 35.4 Å². The van der Waals surface area contributed by atoms with Crippen LogP contribution in [0, 0.1) is 0 Å². The molecule has 0 aliphatic rings. The summed E-state index contributed by atoms with van der Waals surface area (Å²) in [7, 11) is -6.36. The van der Waals surface area contributed by atoms with E-state index in [1.807, 2.05) is 0 Å². The Bertz CT molecular complexity index is 1140. The zero-order valence-electron chi connectivity index (χ0n) is 20.7. The lowest BCUT2D eigenvalue weighted by atomic mass is 9.96. The first-order chi connectivity index (χ1) is 17.5. The molecule has 0 aromatic heterocycles. The molecule has 0 heterocycles. The Kier molecular flexibility index (Phi) is 11.0. The lowest BCUT2D eigenvalue weighted by Crippen LogP contribution is -2.33. The number of carboxylic acids is 1. The number of benzene rings is 2. The van der Waals surface area contributed by atoms with Crippen molar-refractivity contribution in [2.75, 3.05) is 40.8 Å². The molecule has 0 aliphatic carbocycles. The van der Waals surface area contributed by atoms with Crippen LogP contribution < -0.4 is 10.5 Å². The van der Waals surface area contributed by atoms with Crippen LogP contribution in [0.3, 0.4) is 0 Å². The highest BCUT2D eigenvalue weighted by molar-refractivity contribution is 7.73. The van der Waals surface area contributed by atoms with Crippen molar-refractivity contribution in [1.29, 1.82) is 0 Å². The monoisotopic (exact) mass is 569 g/mol. The normalized spacial score (nSPS) is 12.7. The topological polar surface area (TPSA) is 201 Å². The molecule has 0 radical (unpaired) electrons. The van der Waals surface area contributed by atoms with Gasteiger partial charge in [0.1, 0.15) is 5.56 Å². The second kappa shape index (κ2) is 13.1. The van der Waals surface area contributed by atoms with Gasteiger partial charge in [0.15, 0.2) is 5.75 Å². The standard InChI is InChI=1S/C20H29NO14P2/c1-6-31-18-16(21)12-15-13(8-7-9-14(15)17(18)19(22)23)10-11-20(24,36(25,32-27-2)33-28-3)37(26,34-29-4)35-30-5/h7-9,12,24H,6,10-11,21H2,1-5H3,(H,22,23). The van der Waals surface area contributed by atoms with E-state index in [9.17, 15) is 24.1 Å². The third-order valence-electron chi connectivity index (χ3n) is 5.05. The van der Waals surface area contributed by atoms with Crippen LogP contribution >= 0.6 is 15.2 Å². The number of ether oxygens (including phenoxy) is 1. The molecule has 0 saturated carbocycles. The summed E-state index contributed by atoms with van der Waals surface area (Å²) in [4.78, 5) is 29.8. The van der Waals surface area contributed by atoms with E-state index < -0.39 is 32.7 Å². The summed E-state index contributed by atoms with van der Waals surface area (Å²) in [5, 5.41) is 18.8. The van der Waals surface area contributed by atoms with Crippen molar-refractivity contribution in [2.24, 2.45) is 0 Å². The quantitative estimate of drug-likeness (QED) is 0.114. The number of nitrogens with two attached hydrogens (primary N) is 1. The minimum absolute atomic E-state index is 0.00543. The summed E-state index contributed by atoms with van der Waals surface area (Å²) in [6, 6.07) is 6.14. The van der Waals surface area contributed by atoms with Crippen molar-refractivity contribution >= 4 is 37.6 Å². The second-order valence-electron chi connectivity index (χ2n) is 7.15. The largest absolute Gasteiger partial charge is 0.491 e. The number of anilines is 1. The van der Waals surface area contributed by atoms with Crippen LogP contribution in [0.4, 0.5) is 5.69 Å². The van der Waals surface area contributed by atoms with E-state index in [4.69, 9.17) is 10.5 Å². The van der Waals surface area contributed by atoms with Crippen LogP contribution in [0.1, 0.15) is 29.3 Å². The van der Waals surface area contributed by atoms with Gasteiger partial charge in [-0.1, -0.05) is 18.2 Å². The van der Waals surface area contributed by atoms with Crippen LogP contribution in [0.25, 0.3) is 10.8 Å². The number of nitrogen functional groups attached to an aromatic ring is 1. The number of hydrogen-bond acceptors (Lipinski definition) is 14. The molecule has 17 heteroatoms. The summed E-state index contributed by atoms with van der Waals surface area (Å²) >= 11 is 0. The Morgan fingerprint density at radius 3 is 1.89 bits per heavy atom. The van der Waals surface area contributed by atoms with Gasteiger partial charge in [-0.2, -0.15) is 0 Å². The molecule has 2 aromatic carbocycles. The lowest BCUT2D eigenvalue weighted by Gasteiger charge is -2.34. The number of aromatic carboxylic acids is 1. The molecule has 2 aromatic rings. The molecule has 15 nitrogen and oxygen atoms in total. The molecule has 0 aliphatic heterocycles. The molecule has 2 rings (SSSR count). The Morgan fingerprint density at radius 2 is 1.46 bits per heavy atom. The summed E-state index contributed by atoms with van der Waals surface area (Å²) < 4.78 is 51.2. The van der Waals surface area contributed by atoms with Crippen LogP contribution in [0.15, 0.2) is 24.3 Å². The second-order valence-corrected chi connectivity index (χ2v) is 11.6. The highest BCUT2D eigenvalue weighted by atomic mass is 31.2.